The smallest absolute Gasteiger partial charge is 0.179 e. The van der Waals surface area contributed by atoms with Crippen molar-refractivity contribution in [1.29, 1.82) is 0 Å². The Kier molecular flexibility index (Phi) is 13.7. The number of nitrogens with zero attached hydrogens (tertiary/aromatic N) is 4. The summed E-state index contributed by atoms with van der Waals surface area (Å²) in [7, 11) is -2.85. The number of aromatic nitrogens is 2. The van der Waals surface area contributed by atoms with Crippen molar-refractivity contribution in [3.63, 3.8) is 0 Å². The minimum atomic E-state index is -2.85. The number of fused-ring (bicyclic) bond motifs is 4. The molecular formula is C76H75N4OPtSi-3. The van der Waals surface area contributed by atoms with Crippen LogP contribution in [0.1, 0.15) is 123 Å². The van der Waals surface area contributed by atoms with E-state index in [1.54, 1.807) is 0 Å². The Morgan fingerprint density at radius 1 is 0.518 bits per heavy atom. The summed E-state index contributed by atoms with van der Waals surface area (Å²) in [6.45, 7) is 23.2. The number of para-hydroxylation sites is 1. The fraction of sp³-hybridized carbons (Fsp3) is 0.289. The second-order valence-electron chi connectivity index (χ2n) is 27.7. The Labute approximate surface area is 508 Å². The van der Waals surface area contributed by atoms with Gasteiger partial charge in [-0.25, -0.2) is 4.98 Å². The third kappa shape index (κ3) is 9.61. The van der Waals surface area contributed by atoms with Crippen LogP contribution in [0.5, 0.6) is 11.5 Å². The largest absolute Gasteiger partial charge is 0.509 e. The summed E-state index contributed by atoms with van der Waals surface area (Å²) in [4.78, 5) is 10.0. The summed E-state index contributed by atoms with van der Waals surface area (Å²) < 4.78 is 9.30. The second kappa shape index (κ2) is 20.7. The first kappa shape index (κ1) is 55.2. The molecule has 0 N–H and O–H groups in total. The first-order valence-corrected chi connectivity index (χ1v) is 32.0. The zero-order valence-corrected chi connectivity index (χ0v) is 52.8. The summed E-state index contributed by atoms with van der Waals surface area (Å²) in [6, 6.07) is 77.8. The predicted molar refractivity (Wildman–Crippen MR) is 344 cm³/mol. The van der Waals surface area contributed by atoms with Crippen molar-refractivity contribution < 1.29 is 25.8 Å². The number of benzene rings is 8. The first-order valence-electron chi connectivity index (χ1n) is 30.0. The normalized spacial score (nSPS) is 19.6. The summed E-state index contributed by atoms with van der Waals surface area (Å²) in [5.74, 6) is 4.58. The number of hydrogen-bond donors (Lipinski definition) is 0. The summed E-state index contributed by atoms with van der Waals surface area (Å²) in [5, 5.41) is 7.56. The van der Waals surface area contributed by atoms with E-state index >= 15 is 0 Å². The Morgan fingerprint density at radius 3 is 1.66 bits per heavy atom. The Bertz CT molecular complexity index is 3890. The van der Waals surface area contributed by atoms with E-state index in [1.165, 1.54) is 98.6 Å². The van der Waals surface area contributed by atoms with Gasteiger partial charge in [0.05, 0.1) is 0 Å². The standard InChI is InChI=1S/C76H75N4OSi.Pt/c1-73(2,3)54-35-36-77-71(43-54)80-68-34-32-64(82(61-23-13-10-14-24-61,62-25-15-11-16-26-62)63-27-17-12-18-28-63)46-66(68)65-33-31-60(45-70(65)80)81-59-22-19-21-57(44-59)78-50-79(58-41-55(74(4,5)6)40-56(42-58)75(7,8)9)72-67(29-20-30-69(72)78)76-47-51-37-52(48-76)39-53(38-51)49-76;/h10-36,40-43,46,50-53H,37-39,47-49H2,1-9H3;/q-3;. The third-order valence-corrected chi connectivity index (χ3v) is 23.8. The topological polar surface area (TPSA) is 33.5 Å². The van der Waals surface area contributed by atoms with Gasteiger partial charge in [-0.15, -0.1) is 48.1 Å². The average Bonchev–Trinajstić information content (AvgIpc) is 1.97. The maximum atomic E-state index is 7.01. The van der Waals surface area contributed by atoms with Crippen molar-refractivity contribution in [3.8, 4) is 17.3 Å². The Hall–Kier alpha value is -6.98. The van der Waals surface area contributed by atoms with Gasteiger partial charge in [0.2, 0.25) is 0 Å². The molecule has 3 heterocycles. The molecule has 0 amide bonds. The summed E-state index contributed by atoms with van der Waals surface area (Å²) in [6.07, 6.45) is 10.1. The van der Waals surface area contributed by atoms with Crippen molar-refractivity contribution in [2.45, 2.75) is 122 Å². The molecule has 1 aliphatic heterocycles. The van der Waals surface area contributed by atoms with Gasteiger partial charge < -0.3 is 19.1 Å². The number of hydrogen-bond acceptors (Lipinski definition) is 4. The maximum absolute atomic E-state index is 7.01. The molecule has 2 aromatic heterocycles. The van der Waals surface area contributed by atoms with Gasteiger partial charge in [0.1, 0.15) is 5.82 Å². The van der Waals surface area contributed by atoms with E-state index in [-0.39, 0.29) is 42.7 Å². The summed E-state index contributed by atoms with van der Waals surface area (Å²) >= 11 is 0. The zero-order valence-electron chi connectivity index (χ0n) is 49.5. The number of rotatable bonds is 10. The molecule has 7 heteroatoms. The molecule has 10 aromatic rings. The van der Waals surface area contributed by atoms with E-state index < -0.39 is 8.07 Å². The van der Waals surface area contributed by atoms with Crippen molar-refractivity contribution in [2.24, 2.45) is 17.8 Å². The van der Waals surface area contributed by atoms with Crippen LogP contribution in [0.25, 0.3) is 27.6 Å². The second-order valence-corrected chi connectivity index (χ2v) is 31.5. The van der Waals surface area contributed by atoms with Crippen molar-refractivity contribution in [2.75, 3.05) is 9.80 Å². The van der Waals surface area contributed by atoms with E-state index in [4.69, 9.17) is 9.72 Å². The van der Waals surface area contributed by atoms with Gasteiger partial charge in [-0.2, -0.15) is 12.1 Å². The van der Waals surface area contributed by atoms with E-state index in [1.807, 2.05) is 12.3 Å². The predicted octanol–water partition coefficient (Wildman–Crippen LogP) is 16.7. The molecule has 15 rings (SSSR count). The van der Waals surface area contributed by atoms with Gasteiger partial charge in [0.15, 0.2) is 8.07 Å². The molecule has 4 aliphatic carbocycles. The first-order chi connectivity index (χ1) is 39.4. The SMILES string of the molecule is CC(C)(C)c1cc(N2[CH-]N(c3[c-]c(Oc4[c-]c5c(cc4)c4cc([Si](c6ccccc6)(c6ccccc6)c6ccccc6)ccc4n5-c4cc(C(C)(C)C)ccn4)ccc3)c3cccc(C45CC6CC(CC(C6)C4)C5)c32)cc(C(C)(C)C)c1.[Pt]. The fourth-order valence-electron chi connectivity index (χ4n) is 15.4. The van der Waals surface area contributed by atoms with Crippen LogP contribution >= 0.6 is 0 Å². The molecule has 5 aliphatic rings. The number of ether oxygens (including phenoxy) is 1. The van der Waals surface area contributed by atoms with E-state index in [0.29, 0.717) is 11.5 Å². The van der Waals surface area contributed by atoms with Crippen molar-refractivity contribution >= 4 is 73.4 Å². The quantitative estimate of drug-likeness (QED) is 0.0776. The molecule has 4 saturated carbocycles. The van der Waals surface area contributed by atoms with Gasteiger partial charge >= 0.3 is 0 Å². The monoisotopic (exact) mass is 1280 g/mol. The molecule has 0 spiro atoms. The number of pyridine rings is 1. The molecule has 8 aromatic carbocycles. The molecule has 5 nitrogen and oxygen atoms in total. The van der Waals surface area contributed by atoms with Gasteiger partial charge in [0, 0.05) is 61.3 Å². The van der Waals surface area contributed by atoms with Crippen LogP contribution in [-0.2, 0) is 42.7 Å². The van der Waals surface area contributed by atoms with Crippen LogP contribution in [0.2, 0.25) is 0 Å². The average molecular weight is 1280 g/mol. The van der Waals surface area contributed by atoms with Gasteiger partial charge in [0.25, 0.3) is 0 Å². The molecule has 0 atom stereocenters. The zero-order chi connectivity index (χ0) is 56.3. The van der Waals surface area contributed by atoms with Gasteiger partial charge in [-0.1, -0.05) is 189 Å². The van der Waals surface area contributed by atoms with Crippen molar-refractivity contribution in [1.82, 2.24) is 9.55 Å². The van der Waals surface area contributed by atoms with E-state index in [2.05, 4.69) is 277 Å². The molecule has 4 fully saturated rings. The molecule has 4 bridgehead atoms. The van der Waals surface area contributed by atoms with Crippen LogP contribution in [0.15, 0.2) is 194 Å². The summed E-state index contributed by atoms with van der Waals surface area (Å²) in [5.41, 5.74) is 12.1. The van der Waals surface area contributed by atoms with Crippen LogP contribution in [0.3, 0.4) is 0 Å². The Morgan fingerprint density at radius 2 is 1.08 bits per heavy atom. The van der Waals surface area contributed by atoms with E-state index in [9.17, 15) is 0 Å². The van der Waals surface area contributed by atoms with Gasteiger partial charge in [-0.05, 0) is 163 Å². The number of anilines is 4. The van der Waals surface area contributed by atoms with Crippen molar-refractivity contribution in [3.05, 3.63) is 235 Å². The maximum Gasteiger partial charge on any atom is 0.179 e. The fourth-order valence-corrected chi connectivity index (χ4v) is 20.1. The van der Waals surface area contributed by atoms with Crippen LogP contribution in [0, 0.1) is 36.6 Å². The van der Waals surface area contributed by atoms with Crippen LogP contribution in [0.4, 0.5) is 22.7 Å². The van der Waals surface area contributed by atoms with E-state index in [0.717, 1.165) is 51.1 Å². The molecule has 0 unspecified atom stereocenters. The molecule has 422 valence electrons. The minimum absolute atomic E-state index is 0. The third-order valence-electron chi connectivity index (χ3n) is 19.1. The minimum Gasteiger partial charge on any atom is -0.509 e. The van der Waals surface area contributed by atoms with Crippen LogP contribution < -0.4 is 35.3 Å². The molecular weight excluding hydrogens is 1210 g/mol. The molecule has 83 heavy (non-hydrogen) atoms. The Balaban J connectivity index is 0.00000645. The molecule has 0 radical (unpaired) electrons. The molecule has 0 saturated heterocycles. The van der Waals surface area contributed by atoms with Crippen LogP contribution in [-0.4, -0.2) is 17.6 Å². The van der Waals surface area contributed by atoms with Gasteiger partial charge in [-0.3, -0.25) is 0 Å².